The van der Waals surface area contributed by atoms with Gasteiger partial charge in [-0.15, -0.1) is 0 Å². The highest BCUT2D eigenvalue weighted by molar-refractivity contribution is 5.04. The van der Waals surface area contributed by atoms with E-state index in [-0.39, 0.29) is 0 Å². The lowest BCUT2D eigenvalue weighted by molar-refractivity contribution is 0.350. The van der Waals surface area contributed by atoms with Crippen molar-refractivity contribution in [3.05, 3.63) is 0 Å². The molecule has 2 fully saturated rings. The molecule has 0 aromatic heterocycles. The lowest BCUT2D eigenvalue weighted by atomic mass is 9.95. The SMILES string of the molecule is CCNC(CC(C)CC)C1C2CCCCC21. The minimum atomic E-state index is 0.827. The van der Waals surface area contributed by atoms with Crippen LogP contribution in [0.3, 0.4) is 0 Å². The third-order valence-corrected chi connectivity index (χ3v) is 5.01. The summed E-state index contributed by atoms with van der Waals surface area (Å²) in [5, 5.41) is 3.77. The molecule has 0 heterocycles. The molecule has 0 amide bonds. The van der Waals surface area contributed by atoms with Crippen LogP contribution in [0.5, 0.6) is 0 Å². The normalized spacial score (nSPS) is 36.6. The first kappa shape index (κ1) is 12.4. The number of hydrogen-bond donors (Lipinski definition) is 1. The molecule has 4 atom stereocenters. The molecule has 0 saturated heterocycles. The molecule has 0 radical (unpaired) electrons. The average Bonchev–Trinajstić information content (AvgIpc) is 3.02. The minimum Gasteiger partial charge on any atom is -0.314 e. The van der Waals surface area contributed by atoms with E-state index in [4.69, 9.17) is 0 Å². The second kappa shape index (κ2) is 5.53. The fourth-order valence-electron chi connectivity index (χ4n) is 3.88. The molecule has 1 nitrogen and oxygen atoms in total. The molecule has 0 aromatic carbocycles. The number of hydrogen-bond acceptors (Lipinski definition) is 1. The fourth-order valence-corrected chi connectivity index (χ4v) is 3.88. The van der Waals surface area contributed by atoms with Crippen LogP contribution < -0.4 is 5.32 Å². The Morgan fingerprint density at radius 2 is 1.75 bits per heavy atom. The largest absolute Gasteiger partial charge is 0.314 e. The Morgan fingerprint density at radius 3 is 2.25 bits per heavy atom. The molecule has 94 valence electrons. The van der Waals surface area contributed by atoms with Crippen molar-refractivity contribution >= 4 is 0 Å². The molecule has 0 spiro atoms. The van der Waals surface area contributed by atoms with Gasteiger partial charge in [-0.05, 0) is 49.5 Å². The molecule has 1 heteroatoms. The highest BCUT2D eigenvalue weighted by Crippen LogP contribution is 2.57. The lowest BCUT2D eigenvalue weighted by Gasteiger charge is -2.21. The van der Waals surface area contributed by atoms with Gasteiger partial charge in [0.1, 0.15) is 0 Å². The Balaban J connectivity index is 1.87. The molecule has 2 aliphatic carbocycles. The third kappa shape index (κ3) is 2.61. The van der Waals surface area contributed by atoms with E-state index >= 15 is 0 Å². The first-order valence-corrected chi connectivity index (χ1v) is 7.51. The molecule has 4 unspecified atom stereocenters. The van der Waals surface area contributed by atoms with Gasteiger partial charge < -0.3 is 5.32 Å². The van der Waals surface area contributed by atoms with Gasteiger partial charge in [-0.2, -0.15) is 0 Å². The summed E-state index contributed by atoms with van der Waals surface area (Å²) in [6.07, 6.45) is 8.79. The lowest BCUT2D eigenvalue weighted by Crippen LogP contribution is -2.33. The van der Waals surface area contributed by atoms with E-state index in [2.05, 4.69) is 26.1 Å². The zero-order valence-electron chi connectivity index (χ0n) is 11.3. The van der Waals surface area contributed by atoms with Crippen molar-refractivity contribution in [2.75, 3.05) is 6.54 Å². The summed E-state index contributed by atoms with van der Waals surface area (Å²) in [5.74, 6) is 4.13. The second-order valence-electron chi connectivity index (χ2n) is 6.10. The zero-order valence-corrected chi connectivity index (χ0v) is 11.3. The van der Waals surface area contributed by atoms with Crippen molar-refractivity contribution in [2.24, 2.45) is 23.7 Å². The summed E-state index contributed by atoms with van der Waals surface area (Å²) in [4.78, 5) is 0. The predicted molar refractivity (Wildman–Crippen MR) is 70.5 cm³/mol. The highest BCUT2D eigenvalue weighted by Gasteiger charge is 2.53. The van der Waals surface area contributed by atoms with Crippen LogP contribution in [-0.2, 0) is 0 Å². The number of rotatable bonds is 6. The third-order valence-electron chi connectivity index (χ3n) is 5.01. The van der Waals surface area contributed by atoms with E-state index in [1.54, 1.807) is 0 Å². The first-order valence-electron chi connectivity index (χ1n) is 7.51. The Labute approximate surface area is 101 Å². The maximum atomic E-state index is 3.77. The summed E-state index contributed by atoms with van der Waals surface area (Å²) in [5.41, 5.74) is 0. The van der Waals surface area contributed by atoms with Gasteiger partial charge in [0, 0.05) is 6.04 Å². The van der Waals surface area contributed by atoms with Crippen molar-refractivity contribution < 1.29 is 0 Å². The van der Waals surface area contributed by atoms with Gasteiger partial charge in [-0.25, -0.2) is 0 Å². The molecule has 16 heavy (non-hydrogen) atoms. The second-order valence-corrected chi connectivity index (χ2v) is 6.10. The standard InChI is InChI=1S/C15H29N/c1-4-11(3)10-14(16-5-2)15-12-8-6-7-9-13(12)15/h11-16H,4-10H2,1-3H3. The van der Waals surface area contributed by atoms with E-state index in [0.717, 1.165) is 36.3 Å². The van der Waals surface area contributed by atoms with Crippen LogP contribution in [0, 0.1) is 23.7 Å². The van der Waals surface area contributed by atoms with Crippen molar-refractivity contribution in [2.45, 2.75) is 65.3 Å². The fraction of sp³-hybridized carbons (Fsp3) is 1.00. The molecule has 2 saturated carbocycles. The van der Waals surface area contributed by atoms with Crippen LogP contribution >= 0.6 is 0 Å². The maximum Gasteiger partial charge on any atom is 0.0103 e. The van der Waals surface area contributed by atoms with Gasteiger partial charge in [0.25, 0.3) is 0 Å². The van der Waals surface area contributed by atoms with Crippen molar-refractivity contribution in [3.8, 4) is 0 Å². The Kier molecular flexibility index (Phi) is 4.29. The van der Waals surface area contributed by atoms with Crippen LogP contribution in [0.15, 0.2) is 0 Å². The molecule has 0 aliphatic heterocycles. The van der Waals surface area contributed by atoms with Gasteiger partial charge in [-0.1, -0.05) is 40.0 Å². The van der Waals surface area contributed by atoms with Crippen LogP contribution in [0.2, 0.25) is 0 Å². The van der Waals surface area contributed by atoms with Crippen LogP contribution in [-0.4, -0.2) is 12.6 Å². The van der Waals surface area contributed by atoms with Crippen LogP contribution in [0.4, 0.5) is 0 Å². The summed E-state index contributed by atoms with van der Waals surface area (Å²) in [6.45, 7) is 8.15. The molecule has 2 rings (SSSR count). The van der Waals surface area contributed by atoms with Gasteiger partial charge in [0.05, 0.1) is 0 Å². The van der Waals surface area contributed by atoms with Gasteiger partial charge in [0.15, 0.2) is 0 Å². The van der Waals surface area contributed by atoms with E-state index in [0.29, 0.717) is 0 Å². The predicted octanol–water partition coefficient (Wildman–Crippen LogP) is 3.84. The van der Waals surface area contributed by atoms with E-state index < -0.39 is 0 Å². The van der Waals surface area contributed by atoms with Gasteiger partial charge >= 0.3 is 0 Å². The summed E-state index contributed by atoms with van der Waals surface area (Å²) in [7, 11) is 0. The van der Waals surface area contributed by atoms with E-state index in [9.17, 15) is 0 Å². The Hall–Kier alpha value is -0.0400. The number of fused-ring (bicyclic) bond motifs is 1. The molecule has 1 N–H and O–H groups in total. The average molecular weight is 223 g/mol. The maximum absolute atomic E-state index is 3.77. The molecule has 2 aliphatic rings. The monoisotopic (exact) mass is 223 g/mol. The number of nitrogens with one attached hydrogen (secondary N) is 1. The zero-order chi connectivity index (χ0) is 11.5. The van der Waals surface area contributed by atoms with E-state index in [1.807, 2.05) is 0 Å². The van der Waals surface area contributed by atoms with E-state index in [1.165, 1.54) is 38.5 Å². The Morgan fingerprint density at radius 1 is 1.12 bits per heavy atom. The van der Waals surface area contributed by atoms with Crippen molar-refractivity contribution in [3.63, 3.8) is 0 Å². The summed E-state index contributed by atoms with van der Waals surface area (Å²) >= 11 is 0. The molecular formula is C15H29N. The van der Waals surface area contributed by atoms with Crippen molar-refractivity contribution in [1.82, 2.24) is 5.32 Å². The van der Waals surface area contributed by atoms with Gasteiger partial charge in [0.2, 0.25) is 0 Å². The summed E-state index contributed by atoms with van der Waals surface area (Å²) < 4.78 is 0. The van der Waals surface area contributed by atoms with Gasteiger partial charge in [-0.3, -0.25) is 0 Å². The quantitative estimate of drug-likeness (QED) is 0.721. The first-order chi connectivity index (χ1) is 7.77. The van der Waals surface area contributed by atoms with Crippen molar-refractivity contribution in [1.29, 1.82) is 0 Å². The smallest absolute Gasteiger partial charge is 0.0103 e. The summed E-state index contributed by atoms with van der Waals surface area (Å²) in [6, 6.07) is 0.827. The van der Waals surface area contributed by atoms with Crippen LogP contribution in [0.1, 0.15) is 59.3 Å². The minimum absolute atomic E-state index is 0.827. The topological polar surface area (TPSA) is 12.0 Å². The van der Waals surface area contributed by atoms with Crippen LogP contribution in [0.25, 0.3) is 0 Å². The molecule has 0 bridgehead atoms. The molecule has 0 aromatic rings. The Bertz CT molecular complexity index is 201. The highest BCUT2D eigenvalue weighted by atomic mass is 14.9. The molecular weight excluding hydrogens is 194 g/mol.